The normalized spacial score (nSPS) is 11.2. The van der Waals surface area contributed by atoms with Crippen LogP contribution in [0.3, 0.4) is 0 Å². The number of carbonyl (C=O) groups excluding carboxylic acids is 1. The highest BCUT2D eigenvalue weighted by molar-refractivity contribution is 7.93. The fraction of sp³-hybridized carbons (Fsp3) is 0.200. The summed E-state index contributed by atoms with van der Waals surface area (Å²) >= 11 is 1.20. The van der Waals surface area contributed by atoms with Gasteiger partial charge >= 0.3 is 0 Å². The predicted octanol–water partition coefficient (Wildman–Crippen LogP) is 4.13. The molecule has 2 N–H and O–H groups in total. The Hall–Kier alpha value is -2.71. The number of amides is 1. The van der Waals surface area contributed by atoms with Crippen molar-refractivity contribution < 1.29 is 13.2 Å². The van der Waals surface area contributed by atoms with Crippen LogP contribution in [0.2, 0.25) is 0 Å². The lowest BCUT2D eigenvalue weighted by Gasteiger charge is -2.09. The number of aromatic nitrogens is 1. The maximum absolute atomic E-state index is 12.3. The van der Waals surface area contributed by atoms with Crippen molar-refractivity contribution in [1.82, 2.24) is 4.98 Å². The molecule has 0 bridgehead atoms. The highest BCUT2D eigenvalue weighted by Gasteiger charge is 2.16. The van der Waals surface area contributed by atoms with E-state index >= 15 is 0 Å². The maximum Gasteiger partial charge on any atom is 0.263 e. The first-order chi connectivity index (χ1) is 13.3. The average Bonchev–Trinajstić information content (AvgIpc) is 3.10. The zero-order valence-electron chi connectivity index (χ0n) is 15.6. The monoisotopic (exact) mass is 415 g/mol. The molecule has 3 aromatic rings. The van der Waals surface area contributed by atoms with Crippen LogP contribution >= 0.6 is 11.3 Å². The Balaban J connectivity index is 1.57. The van der Waals surface area contributed by atoms with Crippen LogP contribution in [0.15, 0.2) is 58.8 Å². The minimum atomic E-state index is -3.66. The van der Waals surface area contributed by atoms with E-state index in [1.807, 2.05) is 32.0 Å². The van der Waals surface area contributed by atoms with Crippen LogP contribution < -0.4 is 10.0 Å². The van der Waals surface area contributed by atoms with Gasteiger partial charge in [0.25, 0.3) is 10.0 Å². The Kier molecular flexibility index (Phi) is 6.11. The largest absolute Gasteiger partial charge is 0.326 e. The summed E-state index contributed by atoms with van der Waals surface area (Å²) in [6.45, 7) is 3.92. The summed E-state index contributed by atoms with van der Waals surface area (Å²) < 4.78 is 27.1. The van der Waals surface area contributed by atoms with Gasteiger partial charge in [-0.2, -0.15) is 0 Å². The zero-order chi connectivity index (χ0) is 20.1. The number of aryl methyl sites for hydroxylation is 3. The topological polar surface area (TPSA) is 88.2 Å². The average molecular weight is 416 g/mol. The molecular weight excluding hydrogens is 394 g/mol. The first kappa shape index (κ1) is 20.0. The molecule has 6 nitrogen and oxygen atoms in total. The Morgan fingerprint density at radius 3 is 2.61 bits per heavy atom. The number of benzene rings is 2. The van der Waals surface area contributed by atoms with Crippen molar-refractivity contribution in [3.8, 4) is 0 Å². The summed E-state index contributed by atoms with van der Waals surface area (Å²) in [5.74, 6) is -0.104. The van der Waals surface area contributed by atoms with Gasteiger partial charge in [-0.15, -0.1) is 11.3 Å². The summed E-state index contributed by atoms with van der Waals surface area (Å²) in [5, 5.41) is 4.96. The third-order valence-electron chi connectivity index (χ3n) is 4.10. The van der Waals surface area contributed by atoms with E-state index in [1.165, 1.54) is 23.5 Å². The lowest BCUT2D eigenvalue weighted by molar-refractivity contribution is -0.116. The number of rotatable bonds is 7. The third-order valence-corrected chi connectivity index (χ3v) is 6.39. The minimum Gasteiger partial charge on any atom is -0.326 e. The van der Waals surface area contributed by atoms with E-state index in [0.29, 0.717) is 12.1 Å². The molecule has 1 aromatic heterocycles. The quantitative estimate of drug-likeness (QED) is 0.607. The van der Waals surface area contributed by atoms with Crippen LogP contribution in [0, 0.1) is 13.8 Å². The number of carbonyl (C=O) groups is 1. The molecular formula is C20H21N3O3S2. The van der Waals surface area contributed by atoms with Gasteiger partial charge in [-0.05, 0) is 49.6 Å². The highest BCUT2D eigenvalue weighted by Crippen LogP contribution is 2.21. The fourth-order valence-electron chi connectivity index (χ4n) is 2.57. The Labute approximate surface area is 168 Å². The van der Waals surface area contributed by atoms with Gasteiger partial charge < -0.3 is 5.32 Å². The van der Waals surface area contributed by atoms with E-state index in [0.717, 1.165) is 16.8 Å². The summed E-state index contributed by atoms with van der Waals surface area (Å²) in [5.41, 5.74) is 3.56. The molecule has 0 saturated carbocycles. The third kappa shape index (κ3) is 5.17. The summed E-state index contributed by atoms with van der Waals surface area (Å²) in [7, 11) is -3.66. The van der Waals surface area contributed by atoms with Crippen molar-refractivity contribution in [1.29, 1.82) is 0 Å². The zero-order valence-corrected chi connectivity index (χ0v) is 17.2. The lowest BCUT2D eigenvalue weighted by Crippen LogP contribution is -2.14. The first-order valence-electron chi connectivity index (χ1n) is 8.73. The van der Waals surface area contributed by atoms with Crippen molar-refractivity contribution >= 4 is 38.1 Å². The van der Waals surface area contributed by atoms with Gasteiger partial charge in [0.1, 0.15) is 0 Å². The molecule has 0 atom stereocenters. The number of sulfonamides is 1. The van der Waals surface area contributed by atoms with Gasteiger partial charge in [0.2, 0.25) is 5.91 Å². The predicted molar refractivity (Wildman–Crippen MR) is 112 cm³/mol. The van der Waals surface area contributed by atoms with Crippen LogP contribution in [-0.2, 0) is 21.2 Å². The Morgan fingerprint density at radius 1 is 1.11 bits per heavy atom. The molecule has 0 aliphatic heterocycles. The number of hydrogen-bond donors (Lipinski definition) is 2. The molecule has 0 spiro atoms. The molecule has 3 rings (SSSR count). The molecule has 2 aromatic carbocycles. The smallest absolute Gasteiger partial charge is 0.263 e. The van der Waals surface area contributed by atoms with Crippen molar-refractivity contribution in [3.63, 3.8) is 0 Å². The van der Waals surface area contributed by atoms with E-state index in [9.17, 15) is 13.2 Å². The van der Waals surface area contributed by atoms with E-state index in [1.54, 1.807) is 23.6 Å². The molecule has 0 saturated heterocycles. The fourth-order valence-corrected chi connectivity index (χ4v) is 4.59. The molecule has 8 heteroatoms. The molecule has 0 fully saturated rings. The van der Waals surface area contributed by atoms with Gasteiger partial charge in [0.05, 0.1) is 10.6 Å². The Bertz CT molecular complexity index is 1080. The second kappa shape index (κ2) is 8.53. The second-order valence-electron chi connectivity index (χ2n) is 6.43. The summed E-state index contributed by atoms with van der Waals surface area (Å²) in [6, 6.07) is 14.0. The molecule has 28 heavy (non-hydrogen) atoms. The van der Waals surface area contributed by atoms with Gasteiger partial charge in [0.15, 0.2) is 5.13 Å². The van der Waals surface area contributed by atoms with E-state index in [-0.39, 0.29) is 22.4 Å². The summed E-state index contributed by atoms with van der Waals surface area (Å²) in [6.07, 6.45) is 0.697. The van der Waals surface area contributed by atoms with Gasteiger partial charge in [-0.25, -0.2) is 13.4 Å². The molecule has 0 radical (unpaired) electrons. The summed E-state index contributed by atoms with van der Waals surface area (Å²) in [4.78, 5) is 16.7. The van der Waals surface area contributed by atoms with Crippen molar-refractivity contribution in [2.45, 2.75) is 31.6 Å². The van der Waals surface area contributed by atoms with Crippen LogP contribution in [0.5, 0.6) is 0 Å². The number of nitrogens with one attached hydrogen (secondary N) is 2. The highest BCUT2D eigenvalue weighted by atomic mass is 32.2. The van der Waals surface area contributed by atoms with Crippen molar-refractivity contribution in [3.05, 3.63) is 70.7 Å². The molecule has 146 valence electrons. The SMILES string of the molecule is Cc1ccc(C)c(NC(=O)CCc2csc(NS(=O)(=O)c3ccccc3)n2)c1. The number of nitrogens with zero attached hydrogens (tertiary/aromatic N) is 1. The van der Waals surface area contributed by atoms with Gasteiger partial charge in [-0.3, -0.25) is 9.52 Å². The van der Waals surface area contributed by atoms with Crippen LogP contribution in [0.25, 0.3) is 0 Å². The lowest BCUT2D eigenvalue weighted by atomic mass is 10.1. The number of thiazole rings is 1. The van der Waals surface area contributed by atoms with Crippen LogP contribution in [0.1, 0.15) is 23.2 Å². The molecule has 0 aliphatic rings. The van der Waals surface area contributed by atoms with E-state index in [2.05, 4.69) is 15.0 Å². The van der Waals surface area contributed by atoms with E-state index in [4.69, 9.17) is 0 Å². The Morgan fingerprint density at radius 2 is 1.86 bits per heavy atom. The van der Waals surface area contributed by atoms with Crippen molar-refractivity contribution in [2.75, 3.05) is 10.0 Å². The molecule has 1 heterocycles. The van der Waals surface area contributed by atoms with Crippen molar-refractivity contribution in [2.24, 2.45) is 0 Å². The maximum atomic E-state index is 12.3. The number of hydrogen-bond acceptors (Lipinski definition) is 5. The van der Waals surface area contributed by atoms with E-state index < -0.39 is 10.0 Å². The van der Waals surface area contributed by atoms with Gasteiger partial charge in [0, 0.05) is 17.5 Å². The second-order valence-corrected chi connectivity index (χ2v) is 8.97. The van der Waals surface area contributed by atoms with Gasteiger partial charge in [-0.1, -0.05) is 30.3 Å². The first-order valence-corrected chi connectivity index (χ1v) is 11.1. The molecule has 1 amide bonds. The standard InChI is InChI=1S/C20H21N3O3S2/c1-14-8-9-15(2)18(12-14)22-19(24)11-10-16-13-27-20(21-16)23-28(25,26)17-6-4-3-5-7-17/h3-9,12-13H,10-11H2,1-2H3,(H,21,23)(H,22,24). The number of anilines is 2. The van der Waals surface area contributed by atoms with Crippen LogP contribution in [0.4, 0.5) is 10.8 Å². The molecule has 0 unspecified atom stereocenters. The van der Waals surface area contributed by atoms with Crippen LogP contribution in [-0.4, -0.2) is 19.3 Å². The molecule has 0 aliphatic carbocycles. The minimum absolute atomic E-state index is 0.104.